The topological polar surface area (TPSA) is 24.7 Å². The molecule has 0 saturated heterocycles. The first-order valence-corrected chi connectivity index (χ1v) is 2.68. The minimum absolute atomic E-state index is 0.743. The number of nitrogens with zero attached hydrogens (tertiary/aromatic N) is 2. The van der Waals surface area contributed by atoms with Crippen molar-refractivity contribution in [3.05, 3.63) is 0 Å². The molecule has 0 N–H and O–H groups in total. The average Bonchev–Trinajstić information content (AvgIpc) is 1.83. The molecule has 0 rings (SSSR count). The summed E-state index contributed by atoms with van der Waals surface area (Å²) in [6.45, 7) is 4.61. The van der Waals surface area contributed by atoms with Crippen molar-refractivity contribution >= 4 is 11.9 Å². The quantitative estimate of drug-likeness (QED) is 0.479. The van der Waals surface area contributed by atoms with E-state index in [0.29, 0.717) is 0 Å². The largest absolute Gasteiger partial charge is 0.296 e. The van der Waals surface area contributed by atoms with Crippen LogP contribution in [-0.4, -0.2) is 25.5 Å². The summed E-state index contributed by atoms with van der Waals surface area (Å²) in [5.41, 5.74) is 1.07. The van der Waals surface area contributed by atoms with Crippen molar-refractivity contribution in [1.82, 2.24) is 0 Å². The van der Waals surface area contributed by atoms with Gasteiger partial charge in [0.05, 0.1) is 6.54 Å². The van der Waals surface area contributed by atoms with Gasteiger partial charge in [0.1, 0.15) is 0 Å². The first kappa shape index (κ1) is 7.34. The molecule has 0 saturated carbocycles. The predicted octanol–water partition coefficient (Wildman–Crippen LogP) is 1.17. The van der Waals surface area contributed by atoms with Crippen molar-refractivity contribution in [3.63, 3.8) is 0 Å². The zero-order valence-corrected chi connectivity index (χ0v) is 5.68. The molecule has 8 heavy (non-hydrogen) atoms. The van der Waals surface area contributed by atoms with Crippen molar-refractivity contribution in [1.29, 1.82) is 0 Å². The highest BCUT2D eigenvalue weighted by atomic mass is 14.8. The van der Waals surface area contributed by atoms with Crippen LogP contribution in [0, 0.1) is 0 Å². The zero-order valence-electron chi connectivity index (χ0n) is 5.68. The predicted molar refractivity (Wildman–Crippen MR) is 38.1 cm³/mol. The number of aliphatic imine (C=N–C) groups is 2. The van der Waals surface area contributed by atoms with Crippen LogP contribution >= 0.6 is 0 Å². The Hall–Kier alpha value is -0.660. The van der Waals surface area contributed by atoms with Crippen molar-refractivity contribution in [2.45, 2.75) is 13.8 Å². The standard InChI is InChI=1S/C6H12N2/c1-4-8-5-6(2)7-3/h4H,5H2,1-3H3/b7-6-,8-4-. The van der Waals surface area contributed by atoms with Gasteiger partial charge in [0.15, 0.2) is 0 Å². The Morgan fingerprint density at radius 3 is 2.62 bits per heavy atom. The van der Waals surface area contributed by atoms with Gasteiger partial charge in [-0.1, -0.05) is 0 Å². The third-order valence-corrected chi connectivity index (χ3v) is 0.884. The first-order chi connectivity index (χ1) is 3.81. The molecule has 0 bridgehead atoms. The SMILES string of the molecule is C/C=N\C/C(C)=N\C. The molecule has 2 heteroatoms. The lowest BCUT2D eigenvalue weighted by atomic mass is 10.4. The van der Waals surface area contributed by atoms with E-state index in [4.69, 9.17) is 0 Å². The third kappa shape index (κ3) is 3.53. The van der Waals surface area contributed by atoms with Gasteiger partial charge in [0.2, 0.25) is 0 Å². The van der Waals surface area contributed by atoms with Crippen LogP contribution in [0.1, 0.15) is 13.8 Å². The van der Waals surface area contributed by atoms with Gasteiger partial charge >= 0.3 is 0 Å². The van der Waals surface area contributed by atoms with E-state index >= 15 is 0 Å². The first-order valence-electron chi connectivity index (χ1n) is 2.68. The smallest absolute Gasteiger partial charge is 0.0760 e. The van der Waals surface area contributed by atoms with Crippen LogP contribution in [0.25, 0.3) is 0 Å². The van der Waals surface area contributed by atoms with Crippen LogP contribution < -0.4 is 0 Å². The molecule has 0 aromatic heterocycles. The Labute approximate surface area is 50.4 Å². The molecule has 0 amide bonds. The molecule has 0 aliphatic rings. The summed E-state index contributed by atoms with van der Waals surface area (Å²) in [6, 6.07) is 0. The number of hydrogen-bond acceptors (Lipinski definition) is 2. The molecule has 46 valence electrons. The second-order valence-corrected chi connectivity index (χ2v) is 1.56. The molecular weight excluding hydrogens is 100 g/mol. The van der Waals surface area contributed by atoms with E-state index in [1.807, 2.05) is 13.8 Å². The maximum Gasteiger partial charge on any atom is 0.0760 e. The molecule has 0 unspecified atom stereocenters. The second-order valence-electron chi connectivity index (χ2n) is 1.56. The highest BCUT2D eigenvalue weighted by molar-refractivity contribution is 5.84. The summed E-state index contributed by atoms with van der Waals surface area (Å²) in [5, 5.41) is 0. The fourth-order valence-corrected chi connectivity index (χ4v) is 0.294. The Morgan fingerprint density at radius 2 is 2.25 bits per heavy atom. The van der Waals surface area contributed by atoms with Crippen molar-refractivity contribution in [2.75, 3.05) is 13.6 Å². The van der Waals surface area contributed by atoms with Crippen LogP contribution in [0.4, 0.5) is 0 Å². The van der Waals surface area contributed by atoms with E-state index in [0.717, 1.165) is 12.3 Å². The van der Waals surface area contributed by atoms with E-state index in [1.165, 1.54) is 0 Å². The van der Waals surface area contributed by atoms with E-state index in [-0.39, 0.29) is 0 Å². The van der Waals surface area contributed by atoms with Crippen LogP contribution in [0.3, 0.4) is 0 Å². The lowest BCUT2D eigenvalue weighted by Gasteiger charge is -1.87. The third-order valence-electron chi connectivity index (χ3n) is 0.884. The molecule has 0 atom stereocenters. The molecule has 0 aliphatic carbocycles. The van der Waals surface area contributed by atoms with Crippen LogP contribution in [0.5, 0.6) is 0 Å². The summed E-state index contributed by atoms with van der Waals surface area (Å²) in [5.74, 6) is 0. The molecular formula is C6H12N2. The molecule has 0 aromatic carbocycles. The number of rotatable bonds is 2. The van der Waals surface area contributed by atoms with E-state index in [9.17, 15) is 0 Å². The van der Waals surface area contributed by atoms with Crippen molar-refractivity contribution < 1.29 is 0 Å². The maximum atomic E-state index is 3.99. The van der Waals surface area contributed by atoms with Gasteiger partial charge in [0.25, 0.3) is 0 Å². The lowest BCUT2D eigenvalue weighted by Crippen LogP contribution is -1.94. The van der Waals surface area contributed by atoms with E-state index in [2.05, 4.69) is 9.98 Å². The lowest BCUT2D eigenvalue weighted by molar-refractivity contribution is 1.25. The maximum absolute atomic E-state index is 3.99. The van der Waals surface area contributed by atoms with Crippen LogP contribution in [0.15, 0.2) is 9.98 Å². The fraction of sp³-hybridized carbons (Fsp3) is 0.667. The Morgan fingerprint density at radius 1 is 1.62 bits per heavy atom. The van der Waals surface area contributed by atoms with Crippen molar-refractivity contribution in [2.24, 2.45) is 9.98 Å². The Kier molecular flexibility index (Phi) is 4.13. The molecule has 0 heterocycles. The normalized spacial score (nSPS) is 13.1. The molecule has 0 spiro atoms. The molecule has 0 fully saturated rings. The van der Waals surface area contributed by atoms with Gasteiger partial charge < -0.3 is 0 Å². The summed E-state index contributed by atoms with van der Waals surface area (Å²) < 4.78 is 0. The van der Waals surface area contributed by atoms with E-state index < -0.39 is 0 Å². The average molecular weight is 112 g/mol. The molecule has 0 aromatic rings. The fourth-order valence-electron chi connectivity index (χ4n) is 0.294. The summed E-state index contributed by atoms with van der Waals surface area (Å²) in [6.07, 6.45) is 1.79. The van der Waals surface area contributed by atoms with Gasteiger partial charge in [-0.25, -0.2) is 0 Å². The second kappa shape index (κ2) is 4.50. The van der Waals surface area contributed by atoms with E-state index in [1.54, 1.807) is 13.3 Å². The van der Waals surface area contributed by atoms with Crippen LogP contribution in [-0.2, 0) is 0 Å². The monoisotopic (exact) mass is 112 g/mol. The molecule has 0 aliphatic heterocycles. The molecule has 0 radical (unpaired) electrons. The highest BCUT2D eigenvalue weighted by Crippen LogP contribution is 1.74. The summed E-state index contributed by atoms with van der Waals surface area (Å²) in [4.78, 5) is 7.92. The summed E-state index contributed by atoms with van der Waals surface area (Å²) in [7, 11) is 1.78. The number of hydrogen-bond donors (Lipinski definition) is 0. The minimum Gasteiger partial charge on any atom is -0.296 e. The Bertz CT molecular complexity index is 103. The summed E-state index contributed by atoms with van der Waals surface area (Å²) >= 11 is 0. The van der Waals surface area contributed by atoms with Gasteiger partial charge in [0, 0.05) is 12.8 Å². The zero-order chi connectivity index (χ0) is 6.41. The van der Waals surface area contributed by atoms with Gasteiger partial charge in [-0.15, -0.1) is 0 Å². The molecule has 2 nitrogen and oxygen atoms in total. The highest BCUT2D eigenvalue weighted by Gasteiger charge is 1.80. The van der Waals surface area contributed by atoms with Crippen LogP contribution in [0.2, 0.25) is 0 Å². The van der Waals surface area contributed by atoms with Crippen molar-refractivity contribution in [3.8, 4) is 0 Å². The van der Waals surface area contributed by atoms with Gasteiger partial charge in [-0.2, -0.15) is 0 Å². The Balaban J connectivity index is 3.40. The van der Waals surface area contributed by atoms with Gasteiger partial charge in [-0.3, -0.25) is 9.98 Å². The minimum atomic E-state index is 0.743. The van der Waals surface area contributed by atoms with Gasteiger partial charge in [-0.05, 0) is 20.1 Å².